The quantitative estimate of drug-likeness (QED) is 0.303. The Balaban J connectivity index is 1.38. The maximum Gasteiger partial charge on any atom is 0.293 e. The maximum atomic E-state index is 13.1. The van der Waals surface area contributed by atoms with Crippen LogP contribution in [0.5, 0.6) is 0 Å². The molecule has 0 unspecified atom stereocenters. The molecule has 0 spiro atoms. The highest BCUT2D eigenvalue weighted by Crippen LogP contribution is 2.35. The van der Waals surface area contributed by atoms with Gasteiger partial charge in [-0.1, -0.05) is 41.9 Å². The summed E-state index contributed by atoms with van der Waals surface area (Å²) in [6.45, 7) is 0.175. The number of amides is 3. The molecule has 2 heterocycles. The Morgan fingerprint density at radius 3 is 2.47 bits per heavy atom. The molecule has 36 heavy (non-hydrogen) atoms. The number of anilines is 1. The van der Waals surface area contributed by atoms with Crippen molar-refractivity contribution in [2.75, 3.05) is 5.32 Å². The molecule has 0 aliphatic carbocycles. The fraction of sp³-hybridized carbons (Fsp3) is 0.0741. The van der Waals surface area contributed by atoms with Gasteiger partial charge in [-0.2, -0.15) is 0 Å². The zero-order valence-corrected chi connectivity index (χ0v) is 20.4. The highest BCUT2D eigenvalue weighted by Gasteiger charge is 2.35. The second kappa shape index (κ2) is 10.0. The summed E-state index contributed by atoms with van der Waals surface area (Å²) in [7, 11) is 0. The fourth-order valence-electron chi connectivity index (χ4n) is 3.96. The van der Waals surface area contributed by atoms with Crippen LogP contribution in [0, 0.1) is 5.82 Å². The molecule has 3 amide bonds. The molecule has 5 rings (SSSR count). The van der Waals surface area contributed by atoms with E-state index in [1.165, 1.54) is 29.2 Å². The Morgan fingerprint density at radius 2 is 1.72 bits per heavy atom. The van der Waals surface area contributed by atoms with Gasteiger partial charge in [0.05, 0.1) is 11.4 Å². The zero-order chi connectivity index (χ0) is 25.2. The zero-order valence-electron chi connectivity index (χ0n) is 18.8. The van der Waals surface area contributed by atoms with Gasteiger partial charge >= 0.3 is 0 Å². The third kappa shape index (κ3) is 5.05. The summed E-state index contributed by atoms with van der Waals surface area (Å²) in [5, 5.41) is 3.83. The Kier molecular flexibility index (Phi) is 6.63. The average molecular weight is 520 g/mol. The molecule has 1 saturated heterocycles. The first-order valence-corrected chi connectivity index (χ1v) is 12.2. The first kappa shape index (κ1) is 23.8. The summed E-state index contributed by atoms with van der Waals surface area (Å²) in [5.74, 6) is -1.03. The van der Waals surface area contributed by atoms with Crippen LogP contribution < -0.4 is 5.32 Å². The van der Waals surface area contributed by atoms with E-state index in [0.717, 1.165) is 33.8 Å². The Bertz CT molecular complexity index is 1510. The molecule has 0 bridgehead atoms. The molecule has 1 fully saturated rings. The van der Waals surface area contributed by atoms with Gasteiger partial charge in [-0.25, -0.2) is 4.39 Å². The van der Waals surface area contributed by atoms with E-state index in [1.807, 2.05) is 24.3 Å². The van der Waals surface area contributed by atoms with Crippen molar-refractivity contribution >= 4 is 63.1 Å². The third-order valence-electron chi connectivity index (χ3n) is 5.68. The van der Waals surface area contributed by atoms with Crippen molar-refractivity contribution in [1.82, 2.24) is 9.47 Å². The number of halogens is 2. The lowest BCUT2D eigenvalue weighted by Gasteiger charge is -2.12. The van der Waals surface area contributed by atoms with Crippen LogP contribution in [0.3, 0.4) is 0 Å². The van der Waals surface area contributed by atoms with Crippen LogP contribution in [0.25, 0.3) is 17.0 Å². The number of rotatable bonds is 6. The number of imide groups is 1. The van der Waals surface area contributed by atoms with E-state index < -0.39 is 0 Å². The number of aromatic nitrogens is 1. The number of benzene rings is 3. The maximum absolute atomic E-state index is 13.1. The number of nitrogens with zero attached hydrogens (tertiary/aromatic N) is 2. The Hall–Kier alpha value is -3.88. The van der Waals surface area contributed by atoms with Gasteiger partial charge in [0, 0.05) is 33.4 Å². The summed E-state index contributed by atoms with van der Waals surface area (Å²) in [5.41, 5.74) is 2.81. The van der Waals surface area contributed by atoms with Gasteiger partial charge in [-0.3, -0.25) is 19.3 Å². The third-order valence-corrected chi connectivity index (χ3v) is 6.83. The summed E-state index contributed by atoms with van der Waals surface area (Å²) in [6.07, 6.45) is 3.46. The van der Waals surface area contributed by atoms with Crippen molar-refractivity contribution in [3.05, 3.63) is 106 Å². The normalized spacial score (nSPS) is 14.7. The summed E-state index contributed by atoms with van der Waals surface area (Å²) in [4.78, 5) is 39.8. The second-order valence-electron chi connectivity index (χ2n) is 8.18. The van der Waals surface area contributed by atoms with Gasteiger partial charge in [-0.05, 0) is 65.9 Å². The molecule has 0 saturated carbocycles. The number of hydrogen-bond donors (Lipinski definition) is 1. The lowest BCUT2D eigenvalue weighted by Crippen LogP contribution is -2.27. The second-order valence-corrected chi connectivity index (χ2v) is 9.61. The predicted octanol–water partition coefficient (Wildman–Crippen LogP) is 6.31. The van der Waals surface area contributed by atoms with Gasteiger partial charge in [0.15, 0.2) is 0 Å². The van der Waals surface area contributed by atoms with E-state index in [0.29, 0.717) is 15.6 Å². The molecule has 6 nitrogen and oxygen atoms in total. The number of fused-ring (bicyclic) bond motifs is 1. The number of thioether (sulfide) groups is 1. The van der Waals surface area contributed by atoms with Crippen LogP contribution in [-0.2, 0) is 22.7 Å². The van der Waals surface area contributed by atoms with Crippen molar-refractivity contribution in [3.63, 3.8) is 0 Å². The largest absolute Gasteiger partial charge is 0.337 e. The minimum absolute atomic E-state index is 0.0176. The topological polar surface area (TPSA) is 71.4 Å². The van der Waals surface area contributed by atoms with Gasteiger partial charge in [-0.15, -0.1) is 0 Å². The molecule has 0 radical (unpaired) electrons. The SMILES string of the molecule is O=C(Cn1cc(/C=C2\SC(=O)N(Cc3ccc(Cl)cc3)C2=O)c2ccccc21)Nc1ccc(F)cc1. The van der Waals surface area contributed by atoms with Crippen LogP contribution >= 0.6 is 23.4 Å². The molecule has 1 aliphatic rings. The molecule has 4 aromatic rings. The molecular weight excluding hydrogens is 501 g/mol. The predicted molar refractivity (Wildman–Crippen MR) is 140 cm³/mol. The lowest BCUT2D eigenvalue weighted by atomic mass is 10.1. The molecule has 1 aliphatic heterocycles. The van der Waals surface area contributed by atoms with E-state index in [-0.39, 0.29) is 36.0 Å². The number of hydrogen-bond acceptors (Lipinski definition) is 4. The summed E-state index contributed by atoms with van der Waals surface area (Å²) >= 11 is 6.81. The van der Waals surface area contributed by atoms with E-state index in [9.17, 15) is 18.8 Å². The summed E-state index contributed by atoms with van der Waals surface area (Å²) < 4.78 is 14.9. The van der Waals surface area contributed by atoms with Crippen LogP contribution in [0.2, 0.25) is 5.02 Å². The standard InChI is InChI=1S/C27H19ClFN3O3S/c28-19-7-5-17(6-8-19)14-32-26(34)24(36-27(32)35)13-18-15-31(23-4-2-1-3-22(18)23)16-25(33)30-21-11-9-20(29)10-12-21/h1-13,15H,14,16H2,(H,30,33)/b24-13-. The average Bonchev–Trinajstić information content (AvgIpc) is 3.33. The van der Waals surface area contributed by atoms with Crippen molar-refractivity contribution in [2.45, 2.75) is 13.1 Å². The highest BCUT2D eigenvalue weighted by atomic mass is 35.5. The Morgan fingerprint density at radius 1 is 1.00 bits per heavy atom. The van der Waals surface area contributed by atoms with Crippen LogP contribution in [-0.4, -0.2) is 26.5 Å². The molecule has 1 aromatic heterocycles. The van der Waals surface area contributed by atoms with E-state index in [2.05, 4.69) is 5.32 Å². The van der Waals surface area contributed by atoms with Crippen molar-refractivity contribution in [1.29, 1.82) is 0 Å². The molecule has 180 valence electrons. The number of nitrogens with one attached hydrogen (secondary N) is 1. The molecule has 1 N–H and O–H groups in total. The lowest BCUT2D eigenvalue weighted by molar-refractivity contribution is -0.123. The number of para-hydroxylation sites is 1. The summed E-state index contributed by atoms with van der Waals surface area (Å²) in [6, 6.07) is 20.0. The van der Waals surface area contributed by atoms with E-state index in [4.69, 9.17) is 11.6 Å². The van der Waals surface area contributed by atoms with Crippen LogP contribution in [0.4, 0.5) is 14.9 Å². The molecule has 9 heteroatoms. The van der Waals surface area contributed by atoms with Crippen molar-refractivity contribution < 1.29 is 18.8 Å². The van der Waals surface area contributed by atoms with E-state index >= 15 is 0 Å². The van der Waals surface area contributed by atoms with E-state index in [1.54, 1.807) is 41.1 Å². The molecule has 0 atom stereocenters. The van der Waals surface area contributed by atoms with Gasteiger partial charge in [0.2, 0.25) is 5.91 Å². The van der Waals surface area contributed by atoms with Gasteiger partial charge in [0.25, 0.3) is 11.1 Å². The van der Waals surface area contributed by atoms with Crippen molar-refractivity contribution in [3.8, 4) is 0 Å². The van der Waals surface area contributed by atoms with Crippen molar-refractivity contribution in [2.24, 2.45) is 0 Å². The van der Waals surface area contributed by atoms with Crippen LogP contribution in [0.15, 0.2) is 83.9 Å². The first-order valence-electron chi connectivity index (χ1n) is 11.0. The molecule has 3 aromatic carbocycles. The number of carbonyl (C=O) groups is 3. The Labute approximate surface area is 215 Å². The smallest absolute Gasteiger partial charge is 0.293 e. The number of carbonyl (C=O) groups excluding carboxylic acids is 3. The first-order chi connectivity index (χ1) is 17.4. The van der Waals surface area contributed by atoms with Gasteiger partial charge in [0.1, 0.15) is 12.4 Å². The minimum atomic E-state index is -0.383. The minimum Gasteiger partial charge on any atom is -0.337 e. The highest BCUT2D eigenvalue weighted by molar-refractivity contribution is 8.18. The van der Waals surface area contributed by atoms with Gasteiger partial charge < -0.3 is 9.88 Å². The fourth-order valence-corrected chi connectivity index (χ4v) is 4.91. The molecular formula is C27H19ClFN3O3S. The van der Waals surface area contributed by atoms with Crippen LogP contribution in [0.1, 0.15) is 11.1 Å². The monoisotopic (exact) mass is 519 g/mol.